The van der Waals surface area contributed by atoms with Gasteiger partial charge in [-0.05, 0) is 71.6 Å². The van der Waals surface area contributed by atoms with Gasteiger partial charge in [0.1, 0.15) is 0 Å². The summed E-state index contributed by atoms with van der Waals surface area (Å²) in [5.41, 5.74) is 3.76. The Bertz CT molecular complexity index is 412. The molecule has 1 aliphatic rings. The highest BCUT2D eigenvalue weighted by Gasteiger charge is 2.29. The van der Waals surface area contributed by atoms with Gasteiger partial charge in [0.2, 0.25) is 0 Å². The summed E-state index contributed by atoms with van der Waals surface area (Å²) >= 11 is 0. The minimum absolute atomic E-state index is 0.296. The molecule has 120 valence electrons. The van der Waals surface area contributed by atoms with E-state index in [0.717, 1.165) is 44.9 Å². The van der Waals surface area contributed by atoms with Crippen LogP contribution in [-0.2, 0) is 0 Å². The number of rotatable bonds is 1. The molecule has 0 aromatic carbocycles. The fourth-order valence-electron chi connectivity index (χ4n) is 2.79. The van der Waals surface area contributed by atoms with Gasteiger partial charge >= 0.3 is 0 Å². The molecule has 0 aromatic rings. The van der Waals surface area contributed by atoms with Crippen molar-refractivity contribution in [1.82, 2.24) is 0 Å². The maximum atomic E-state index is 11.0. The maximum absolute atomic E-state index is 11.0. The number of hydrogen-bond donors (Lipinski definition) is 1. The Morgan fingerprint density at radius 2 is 1.33 bits per heavy atom. The molecular formula is C20H34O. The second kappa shape index (κ2) is 8.58. The topological polar surface area (TPSA) is 20.2 Å². The third-order valence-corrected chi connectivity index (χ3v) is 4.89. The molecule has 0 radical (unpaired) electrons. The van der Waals surface area contributed by atoms with E-state index in [0.29, 0.717) is 5.92 Å². The minimum atomic E-state index is -0.563. The Balaban J connectivity index is 2.88. The molecule has 1 nitrogen and oxygen atoms in total. The van der Waals surface area contributed by atoms with E-state index in [1.165, 1.54) is 16.7 Å². The Hall–Kier alpha value is -0.820. The Morgan fingerprint density at radius 3 is 1.86 bits per heavy atom. The average Bonchev–Trinajstić information content (AvgIpc) is 2.42. The highest BCUT2D eigenvalue weighted by Crippen LogP contribution is 2.30. The van der Waals surface area contributed by atoms with Gasteiger partial charge in [-0.25, -0.2) is 0 Å². The lowest BCUT2D eigenvalue weighted by Crippen LogP contribution is -2.34. The van der Waals surface area contributed by atoms with Crippen LogP contribution in [0, 0.1) is 5.92 Å². The molecule has 0 aliphatic heterocycles. The Morgan fingerprint density at radius 1 is 0.857 bits per heavy atom. The standard InChI is InChI=1S/C20H34O/c1-16(2)20(21)14-12-18(4)10-6-8-17(3)9-7-11-19(5)13-15-20/h8,11-12,16,21H,6-7,9-10,13-15H2,1-5H3/b17-8+,18-12-,19-11+. The molecule has 0 saturated heterocycles. The lowest BCUT2D eigenvalue weighted by molar-refractivity contribution is -0.0101. The zero-order chi connectivity index (χ0) is 15.9. The molecule has 21 heavy (non-hydrogen) atoms. The molecule has 1 rings (SSSR count). The fraction of sp³-hybridized carbons (Fsp3) is 0.700. The van der Waals surface area contributed by atoms with Crippen LogP contribution in [0.5, 0.6) is 0 Å². The molecular weight excluding hydrogens is 256 g/mol. The lowest BCUT2D eigenvalue weighted by Gasteiger charge is -2.32. The monoisotopic (exact) mass is 290 g/mol. The van der Waals surface area contributed by atoms with Gasteiger partial charge in [-0.2, -0.15) is 0 Å². The van der Waals surface area contributed by atoms with Gasteiger partial charge in [0, 0.05) is 0 Å². The first-order valence-electron chi connectivity index (χ1n) is 8.53. The summed E-state index contributed by atoms with van der Waals surface area (Å²) in [5, 5.41) is 11.0. The van der Waals surface area contributed by atoms with Crippen molar-refractivity contribution in [3.8, 4) is 0 Å². The number of aliphatic hydroxyl groups is 1. The molecule has 0 aromatic heterocycles. The van der Waals surface area contributed by atoms with Crippen LogP contribution in [-0.4, -0.2) is 10.7 Å². The van der Waals surface area contributed by atoms with E-state index >= 15 is 0 Å². The molecule has 1 atom stereocenters. The summed E-state index contributed by atoms with van der Waals surface area (Å²) in [6.45, 7) is 10.9. The van der Waals surface area contributed by atoms with Crippen LogP contribution >= 0.6 is 0 Å². The Kier molecular flexibility index (Phi) is 7.45. The predicted octanol–water partition coefficient (Wildman–Crippen LogP) is 5.96. The Labute approximate surface area is 131 Å². The quantitative estimate of drug-likeness (QED) is 0.591. The van der Waals surface area contributed by atoms with Crippen molar-refractivity contribution < 1.29 is 5.11 Å². The first-order chi connectivity index (χ1) is 9.83. The zero-order valence-electron chi connectivity index (χ0n) is 14.7. The predicted molar refractivity (Wildman–Crippen MR) is 93.4 cm³/mol. The molecule has 1 N–H and O–H groups in total. The largest absolute Gasteiger partial charge is 0.389 e. The fourth-order valence-corrected chi connectivity index (χ4v) is 2.79. The highest BCUT2D eigenvalue weighted by atomic mass is 16.3. The van der Waals surface area contributed by atoms with E-state index in [4.69, 9.17) is 0 Å². The molecule has 0 amide bonds. The van der Waals surface area contributed by atoms with E-state index in [2.05, 4.69) is 52.8 Å². The van der Waals surface area contributed by atoms with Crippen molar-refractivity contribution in [2.75, 3.05) is 0 Å². The number of allylic oxidation sites excluding steroid dienone is 5. The lowest BCUT2D eigenvalue weighted by atomic mass is 9.81. The van der Waals surface area contributed by atoms with Gasteiger partial charge in [0.15, 0.2) is 0 Å². The molecule has 0 spiro atoms. The van der Waals surface area contributed by atoms with E-state index in [9.17, 15) is 5.11 Å². The normalized spacial score (nSPS) is 34.1. The van der Waals surface area contributed by atoms with Gasteiger partial charge in [-0.1, -0.05) is 48.8 Å². The van der Waals surface area contributed by atoms with Crippen LogP contribution in [0.4, 0.5) is 0 Å². The third-order valence-electron chi connectivity index (χ3n) is 4.89. The van der Waals surface area contributed by atoms with Crippen molar-refractivity contribution in [3.05, 3.63) is 34.9 Å². The van der Waals surface area contributed by atoms with Crippen molar-refractivity contribution in [1.29, 1.82) is 0 Å². The number of hydrogen-bond acceptors (Lipinski definition) is 1. The summed E-state index contributed by atoms with van der Waals surface area (Å²) in [4.78, 5) is 0. The van der Waals surface area contributed by atoms with Crippen LogP contribution in [0.2, 0.25) is 0 Å². The highest BCUT2D eigenvalue weighted by molar-refractivity contribution is 5.09. The molecule has 0 bridgehead atoms. The first kappa shape index (κ1) is 18.2. The third kappa shape index (κ3) is 6.65. The van der Waals surface area contributed by atoms with Gasteiger partial charge in [0.25, 0.3) is 0 Å². The van der Waals surface area contributed by atoms with Crippen LogP contribution in [0.15, 0.2) is 34.9 Å². The van der Waals surface area contributed by atoms with Crippen molar-refractivity contribution in [3.63, 3.8) is 0 Å². The van der Waals surface area contributed by atoms with E-state index in [-0.39, 0.29) is 0 Å². The van der Waals surface area contributed by atoms with E-state index in [1.807, 2.05) is 0 Å². The second-order valence-electron chi connectivity index (χ2n) is 7.19. The molecule has 0 fully saturated rings. The zero-order valence-corrected chi connectivity index (χ0v) is 14.7. The van der Waals surface area contributed by atoms with E-state index in [1.54, 1.807) is 0 Å². The maximum Gasteiger partial charge on any atom is 0.0707 e. The van der Waals surface area contributed by atoms with Gasteiger partial charge in [-0.3, -0.25) is 0 Å². The second-order valence-corrected chi connectivity index (χ2v) is 7.19. The minimum Gasteiger partial charge on any atom is -0.389 e. The average molecular weight is 290 g/mol. The van der Waals surface area contributed by atoms with Crippen LogP contribution in [0.3, 0.4) is 0 Å². The van der Waals surface area contributed by atoms with Crippen molar-refractivity contribution in [2.45, 2.75) is 85.2 Å². The molecule has 0 heterocycles. The van der Waals surface area contributed by atoms with Crippen molar-refractivity contribution in [2.24, 2.45) is 5.92 Å². The van der Waals surface area contributed by atoms with Gasteiger partial charge in [0.05, 0.1) is 5.60 Å². The smallest absolute Gasteiger partial charge is 0.0707 e. The van der Waals surface area contributed by atoms with Crippen LogP contribution in [0.1, 0.15) is 79.6 Å². The van der Waals surface area contributed by atoms with Crippen molar-refractivity contribution >= 4 is 0 Å². The van der Waals surface area contributed by atoms with E-state index < -0.39 is 5.60 Å². The summed E-state index contributed by atoms with van der Waals surface area (Å²) in [7, 11) is 0. The molecule has 1 aliphatic carbocycles. The molecule has 0 saturated carbocycles. The van der Waals surface area contributed by atoms with Crippen LogP contribution < -0.4 is 0 Å². The summed E-state index contributed by atoms with van der Waals surface area (Å²) < 4.78 is 0. The summed E-state index contributed by atoms with van der Waals surface area (Å²) in [6, 6.07) is 0. The molecule has 1 unspecified atom stereocenters. The van der Waals surface area contributed by atoms with Gasteiger partial charge in [-0.15, -0.1) is 0 Å². The molecule has 1 heteroatoms. The first-order valence-corrected chi connectivity index (χ1v) is 8.53. The van der Waals surface area contributed by atoms with Gasteiger partial charge < -0.3 is 5.11 Å². The SMILES string of the molecule is C/C1=C/CC(O)(C(C)C)CC/C(C)=C/CC/C(C)=C/CC1. The van der Waals surface area contributed by atoms with Crippen LogP contribution in [0.25, 0.3) is 0 Å². The summed E-state index contributed by atoms with van der Waals surface area (Å²) in [5.74, 6) is 0.296. The summed E-state index contributed by atoms with van der Waals surface area (Å²) in [6.07, 6.45) is 14.2.